The molecule has 0 radical (unpaired) electrons. The number of carbonyl (C=O) groups is 2. The normalized spacial score (nSPS) is 11.2. The number of benzene rings is 1. The molecule has 1 aromatic heterocycles. The molecule has 0 saturated heterocycles. The van der Waals surface area contributed by atoms with Gasteiger partial charge < -0.3 is 5.32 Å². The average molecular weight is 359 g/mol. The number of halogens is 1. The molecule has 0 fully saturated rings. The first-order valence-electron chi connectivity index (χ1n) is 8.54. The van der Waals surface area contributed by atoms with Gasteiger partial charge in [0.05, 0.1) is 11.2 Å². The van der Waals surface area contributed by atoms with E-state index < -0.39 is 5.54 Å². The van der Waals surface area contributed by atoms with E-state index in [4.69, 9.17) is 11.6 Å². The number of amides is 1. The second-order valence-corrected chi connectivity index (χ2v) is 6.37. The van der Waals surface area contributed by atoms with Crippen LogP contribution in [0.4, 0.5) is 0 Å². The van der Waals surface area contributed by atoms with Crippen molar-refractivity contribution in [3.63, 3.8) is 0 Å². The van der Waals surface area contributed by atoms with Crippen LogP contribution >= 0.6 is 11.6 Å². The van der Waals surface area contributed by atoms with E-state index in [1.54, 1.807) is 24.3 Å². The number of Topliss-reactive ketones (excluding diaryl/α,β-unsaturated/α-hetero) is 1. The fourth-order valence-corrected chi connectivity index (χ4v) is 2.98. The van der Waals surface area contributed by atoms with Crippen molar-refractivity contribution in [2.75, 3.05) is 0 Å². The van der Waals surface area contributed by atoms with Crippen LogP contribution < -0.4 is 5.32 Å². The van der Waals surface area contributed by atoms with E-state index in [-0.39, 0.29) is 11.7 Å². The summed E-state index contributed by atoms with van der Waals surface area (Å²) in [5.74, 6) is -0.291. The third kappa shape index (κ3) is 4.26. The Labute approximate surface area is 153 Å². The summed E-state index contributed by atoms with van der Waals surface area (Å²) in [6, 6.07) is 12.6. The van der Waals surface area contributed by atoms with Crippen LogP contribution in [0.2, 0.25) is 5.02 Å². The summed E-state index contributed by atoms with van der Waals surface area (Å²) in [5.41, 5.74) is 1.03. The number of rotatable bonds is 7. The standard InChI is InChI=1S/C20H23ClN2O2/c1-4-18(24)20(5-2,6-3)23-19(25)17-9-7-8-16(22-17)14-10-12-15(21)13-11-14/h7-13H,4-6H2,1-3H3,(H,23,25). The van der Waals surface area contributed by atoms with Gasteiger partial charge in [-0.3, -0.25) is 9.59 Å². The Morgan fingerprint density at radius 2 is 1.68 bits per heavy atom. The minimum absolute atomic E-state index is 0.0414. The van der Waals surface area contributed by atoms with E-state index in [1.165, 1.54) is 0 Å². The van der Waals surface area contributed by atoms with Gasteiger partial charge in [0.2, 0.25) is 0 Å². The zero-order valence-corrected chi connectivity index (χ0v) is 15.6. The Bertz CT molecular complexity index is 753. The molecule has 0 aliphatic carbocycles. The van der Waals surface area contributed by atoms with Crippen molar-refractivity contribution in [2.45, 2.75) is 45.6 Å². The number of hydrogen-bond donors (Lipinski definition) is 1. The lowest BCUT2D eigenvalue weighted by Crippen LogP contribution is -2.53. The summed E-state index contributed by atoms with van der Waals surface area (Å²) in [4.78, 5) is 29.5. The van der Waals surface area contributed by atoms with Crippen molar-refractivity contribution in [1.29, 1.82) is 0 Å². The SMILES string of the molecule is CCC(=O)C(CC)(CC)NC(=O)c1cccc(-c2ccc(Cl)cc2)n1. The minimum Gasteiger partial charge on any atom is -0.338 e. The molecule has 5 heteroatoms. The van der Waals surface area contributed by atoms with Crippen molar-refractivity contribution < 1.29 is 9.59 Å². The van der Waals surface area contributed by atoms with Crippen LogP contribution in [0.3, 0.4) is 0 Å². The van der Waals surface area contributed by atoms with Crippen molar-refractivity contribution in [3.8, 4) is 11.3 Å². The minimum atomic E-state index is -0.830. The first-order valence-corrected chi connectivity index (χ1v) is 8.92. The van der Waals surface area contributed by atoms with E-state index in [1.807, 2.05) is 39.0 Å². The summed E-state index contributed by atoms with van der Waals surface area (Å²) in [5, 5.41) is 3.56. The molecule has 0 aliphatic rings. The van der Waals surface area contributed by atoms with E-state index in [2.05, 4.69) is 10.3 Å². The monoisotopic (exact) mass is 358 g/mol. The molecule has 1 N–H and O–H groups in total. The average Bonchev–Trinajstić information content (AvgIpc) is 2.66. The Kier molecular flexibility index (Phi) is 6.32. The second-order valence-electron chi connectivity index (χ2n) is 5.94. The van der Waals surface area contributed by atoms with Gasteiger partial charge in [0.1, 0.15) is 5.69 Å². The van der Waals surface area contributed by atoms with Crippen LogP contribution in [0, 0.1) is 0 Å². The molecule has 25 heavy (non-hydrogen) atoms. The van der Waals surface area contributed by atoms with Crippen LogP contribution in [0.15, 0.2) is 42.5 Å². The number of carbonyl (C=O) groups excluding carboxylic acids is 2. The summed E-state index contributed by atoms with van der Waals surface area (Å²) in [7, 11) is 0. The lowest BCUT2D eigenvalue weighted by Gasteiger charge is -2.31. The fourth-order valence-electron chi connectivity index (χ4n) is 2.85. The molecule has 2 rings (SSSR count). The van der Waals surface area contributed by atoms with Gasteiger partial charge >= 0.3 is 0 Å². The molecule has 1 heterocycles. The second kappa shape index (κ2) is 8.26. The largest absolute Gasteiger partial charge is 0.338 e. The molecule has 0 bridgehead atoms. The van der Waals surface area contributed by atoms with E-state index in [0.717, 1.165) is 5.56 Å². The van der Waals surface area contributed by atoms with Crippen LogP contribution in [0.5, 0.6) is 0 Å². The van der Waals surface area contributed by atoms with E-state index >= 15 is 0 Å². The van der Waals surface area contributed by atoms with Gasteiger partial charge in [-0.1, -0.05) is 50.6 Å². The van der Waals surface area contributed by atoms with Gasteiger partial charge in [-0.2, -0.15) is 0 Å². The topological polar surface area (TPSA) is 59.1 Å². The maximum absolute atomic E-state index is 12.7. The molecule has 0 unspecified atom stereocenters. The summed E-state index contributed by atoms with van der Waals surface area (Å²) >= 11 is 5.91. The highest BCUT2D eigenvalue weighted by atomic mass is 35.5. The molecular formula is C20H23ClN2O2. The number of hydrogen-bond acceptors (Lipinski definition) is 3. The highest BCUT2D eigenvalue weighted by Crippen LogP contribution is 2.22. The van der Waals surface area contributed by atoms with Crippen molar-refractivity contribution in [3.05, 3.63) is 53.2 Å². The van der Waals surface area contributed by atoms with E-state index in [0.29, 0.717) is 35.7 Å². The Hall–Kier alpha value is -2.20. The van der Waals surface area contributed by atoms with Crippen molar-refractivity contribution >= 4 is 23.3 Å². The number of ketones is 1. The molecule has 1 amide bonds. The van der Waals surface area contributed by atoms with Gasteiger partial charge in [0.25, 0.3) is 5.91 Å². The summed E-state index contributed by atoms with van der Waals surface area (Å²) < 4.78 is 0. The van der Waals surface area contributed by atoms with Crippen LogP contribution in [-0.4, -0.2) is 22.2 Å². The zero-order valence-electron chi connectivity index (χ0n) is 14.8. The molecule has 1 aromatic carbocycles. The van der Waals surface area contributed by atoms with E-state index in [9.17, 15) is 9.59 Å². The quantitative estimate of drug-likeness (QED) is 0.782. The van der Waals surface area contributed by atoms with Gasteiger partial charge in [-0.15, -0.1) is 0 Å². The van der Waals surface area contributed by atoms with Gasteiger partial charge in [0.15, 0.2) is 5.78 Å². The molecule has 2 aromatic rings. The van der Waals surface area contributed by atoms with Crippen molar-refractivity contribution in [2.24, 2.45) is 0 Å². The number of aromatic nitrogens is 1. The predicted octanol–water partition coefficient (Wildman–Crippen LogP) is 4.67. The smallest absolute Gasteiger partial charge is 0.270 e. The molecule has 0 aliphatic heterocycles. The number of nitrogens with zero attached hydrogens (tertiary/aromatic N) is 1. The van der Waals surface area contributed by atoms with Gasteiger partial charge in [-0.25, -0.2) is 4.98 Å². The third-order valence-corrected chi connectivity index (χ3v) is 4.79. The highest BCUT2D eigenvalue weighted by Gasteiger charge is 2.35. The Balaban J connectivity index is 2.29. The first-order chi connectivity index (χ1) is 12.0. The maximum atomic E-state index is 12.7. The van der Waals surface area contributed by atoms with Crippen molar-refractivity contribution in [1.82, 2.24) is 10.3 Å². The predicted molar refractivity (Wildman–Crippen MR) is 101 cm³/mol. The molecule has 0 spiro atoms. The fraction of sp³-hybridized carbons (Fsp3) is 0.350. The van der Waals surface area contributed by atoms with Crippen LogP contribution in [0.25, 0.3) is 11.3 Å². The lowest BCUT2D eigenvalue weighted by atomic mass is 9.86. The highest BCUT2D eigenvalue weighted by molar-refractivity contribution is 6.30. The molecule has 0 atom stereocenters. The molecule has 0 saturated carbocycles. The zero-order chi connectivity index (χ0) is 18.4. The third-order valence-electron chi connectivity index (χ3n) is 4.54. The summed E-state index contributed by atoms with van der Waals surface area (Å²) in [6.45, 7) is 5.64. The van der Waals surface area contributed by atoms with Crippen LogP contribution in [0.1, 0.15) is 50.5 Å². The maximum Gasteiger partial charge on any atom is 0.270 e. The lowest BCUT2D eigenvalue weighted by molar-refractivity contribution is -0.125. The molecule has 4 nitrogen and oxygen atoms in total. The summed E-state index contributed by atoms with van der Waals surface area (Å²) in [6.07, 6.45) is 1.50. The molecule has 132 valence electrons. The van der Waals surface area contributed by atoms with Gasteiger partial charge in [0, 0.05) is 17.0 Å². The number of pyridine rings is 1. The molecular weight excluding hydrogens is 336 g/mol. The first kappa shape index (κ1) is 19.1. The van der Waals surface area contributed by atoms with Crippen LogP contribution in [-0.2, 0) is 4.79 Å². The van der Waals surface area contributed by atoms with Gasteiger partial charge in [-0.05, 0) is 37.1 Å². The number of nitrogens with one attached hydrogen (secondary N) is 1. The Morgan fingerprint density at radius 3 is 2.24 bits per heavy atom. The Morgan fingerprint density at radius 1 is 1.04 bits per heavy atom.